The molecule has 98 valence electrons. The van der Waals surface area contributed by atoms with Crippen LogP contribution >= 0.6 is 23.2 Å². The van der Waals surface area contributed by atoms with E-state index in [1.165, 1.54) is 12.1 Å². The van der Waals surface area contributed by atoms with Crippen molar-refractivity contribution in [2.24, 2.45) is 0 Å². The van der Waals surface area contributed by atoms with E-state index in [1.54, 1.807) is 0 Å². The smallest absolute Gasteiger partial charge is 0.326 e. The third-order valence-electron chi connectivity index (χ3n) is 2.21. The third kappa shape index (κ3) is 3.85. The van der Waals surface area contributed by atoms with Gasteiger partial charge in [0.15, 0.2) is 0 Å². The Kier molecular flexibility index (Phi) is 5.37. The Labute approximate surface area is 114 Å². The van der Waals surface area contributed by atoms with Crippen molar-refractivity contribution in [2.45, 2.75) is 25.8 Å². The molecule has 0 fully saturated rings. The number of amides is 1. The van der Waals surface area contributed by atoms with E-state index in [-0.39, 0.29) is 15.9 Å². The average Bonchev–Trinajstić information content (AvgIpc) is 2.31. The van der Waals surface area contributed by atoms with Crippen LogP contribution in [0.5, 0.6) is 0 Å². The molecule has 0 aromatic carbocycles. The van der Waals surface area contributed by atoms with Gasteiger partial charge in [0.05, 0.1) is 5.02 Å². The largest absolute Gasteiger partial charge is 0.480 e. The van der Waals surface area contributed by atoms with Gasteiger partial charge < -0.3 is 10.4 Å². The Hall–Kier alpha value is -1.33. The maximum absolute atomic E-state index is 11.8. The van der Waals surface area contributed by atoms with Gasteiger partial charge in [0.2, 0.25) is 0 Å². The Morgan fingerprint density at radius 1 is 1.44 bits per heavy atom. The summed E-state index contributed by atoms with van der Waals surface area (Å²) in [6.45, 7) is 1.83. The number of carbonyl (C=O) groups excluding carboxylic acids is 1. The van der Waals surface area contributed by atoms with E-state index in [0.29, 0.717) is 12.8 Å². The molecule has 18 heavy (non-hydrogen) atoms. The highest BCUT2D eigenvalue weighted by atomic mass is 35.5. The van der Waals surface area contributed by atoms with Crippen LogP contribution < -0.4 is 5.32 Å². The van der Waals surface area contributed by atoms with Gasteiger partial charge in [0.25, 0.3) is 5.91 Å². The van der Waals surface area contributed by atoms with E-state index in [4.69, 9.17) is 28.3 Å². The van der Waals surface area contributed by atoms with Crippen molar-refractivity contribution in [3.05, 3.63) is 28.0 Å². The van der Waals surface area contributed by atoms with Crippen molar-refractivity contribution in [3.63, 3.8) is 0 Å². The highest BCUT2D eigenvalue weighted by Crippen LogP contribution is 2.17. The van der Waals surface area contributed by atoms with Crippen LogP contribution in [0.15, 0.2) is 12.1 Å². The number of carboxylic acid groups (broad SMARTS) is 1. The Morgan fingerprint density at radius 2 is 2.11 bits per heavy atom. The summed E-state index contributed by atoms with van der Waals surface area (Å²) in [6.07, 6.45) is 0.965. The van der Waals surface area contributed by atoms with E-state index in [2.05, 4.69) is 10.3 Å². The van der Waals surface area contributed by atoms with E-state index < -0.39 is 17.9 Å². The Bertz CT molecular complexity index is 466. The number of hydrogen-bond acceptors (Lipinski definition) is 3. The lowest BCUT2D eigenvalue weighted by atomic mass is 10.1. The van der Waals surface area contributed by atoms with Crippen LogP contribution in [-0.4, -0.2) is 28.0 Å². The van der Waals surface area contributed by atoms with Crippen LogP contribution in [0.3, 0.4) is 0 Å². The molecule has 1 unspecified atom stereocenters. The average molecular weight is 291 g/mol. The van der Waals surface area contributed by atoms with Crippen LogP contribution in [-0.2, 0) is 4.79 Å². The maximum Gasteiger partial charge on any atom is 0.326 e. The van der Waals surface area contributed by atoms with Gasteiger partial charge in [-0.3, -0.25) is 4.79 Å². The molecule has 0 radical (unpaired) electrons. The second kappa shape index (κ2) is 6.56. The molecule has 0 aliphatic rings. The summed E-state index contributed by atoms with van der Waals surface area (Å²) in [4.78, 5) is 26.5. The molecule has 0 spiro atoms. The highest BCUT2D eigenvalue weighted by molar-refractivity contribution is 6.34. The quantitative estimate of drug-likeness (QED) is 0.816. The van der Waals surface area contributed by atoms with E-state index in [9.17, 15) is 9.59 Å². The second-order valence-electron chi connectivity index (χ2n) is 3.62. The van der Waals surface area contributed by atoms with Crippen LogP contribution in [0, 0.1) is 0 Å². The van der Waals surface area contributed by atoms with Crippen molar-refractivity contribution in [3.8, 4) is 0 Å². The Morgan fingerprint density at radius 3 is 2.67 bits per heavy atom. The summed E-state index contributed by atoms with van der Waals surface area (Å²) < 4.78 is 0. The van der Waals surface area contributed by atoms with Gasteiger partial charge in [0.1, 0.15) is 16.9 Å². The summed E-state index contributed by atoms with van der Waals surface area (Å²) in [6, 6.07) is 1.92. The van der Waals surface area contributed by atoms with E-state index in [1.807, 2.05) is 6.92 Å². The molecular weight excluding hydrogens is 279 g/mol. The molecule has 0 saturated carbocycles. The first kappa shape index (κ1) is 14.7. The van der Waals surface area contributed by atoms with Gasteiger partial charge >= 0.3 is 5.97 Å². The molecule has 1 heterocycles. The number of aromatic nitrogens is 1. The monoisotopic (exact) mass is 290 g/mol. The number of hydrogen-bond donors (Lipinski definition) is 2. The number of carboxylic acids is 1. The molecular formula is C11H12Cl2N2O3. The molecule has 1 rings (SSSR count). The lowest BCUT2D eigenvalue weighted by molar-refractivity contribution is -0.139. The van der Waals surface area contributed by atoms with Crippen molar-refractivity contribution in [1.82, 2.24) is 10.3 Å². The first-order chi connectivity index (χ1) is 8.45. The molecule has 7 heteroatoms. The molecule has 1 aromatic rings. The van der Waals surface area contributed by atoms with Crippen LogP contribution in [0.2, 0.25) is 10.2 Å². The zero-order valence-electron chi connectivity index (χ0n) is 9.61. The molecule has 0 saturated heterocycles. The third-order valence-corrected chi connectivity index (χ3v) is 2.72. The zero-order valence-corrected chi connectivity index (χ0v) is 11.1. The van der Waals surface area contributed by atoms with Crippen molar-refractivity contribution >= 4 is 35.1 Å². The lowest BCUT2D eigenvalue weighted by Crippen LogP contribution is -2.41. The molecule has 0 aliphatic heterocycles. The fourth-order valence-electron chi connectivity index (χ4n) is 1.35. The molecule has 1 aromatic heterocycles. The predicted molar refractivity (Wildman–Crippen MR) is 68.1 cm³/mol. The summed E-state index contributed by atoms with van der Waals surface area (Å²) in [7, 11) is 0. The number of halogens is 2. The summed E-state index contributed by atoms with van der Waals surface area (Å²) in [5.41, 5.74) is -0.0773. The molecule has 0 aliphatic carbocycles. The van der Waals surface area contributed by atoms with Crippen molar-refractivity contribution in [1.29, 1.82) is 0 Å². The number of carbonyl (C=O) groups is 2. The minimum Gasteiger partial charge on any atom is -0.480 e. The molecule has 5 nitrogen and oxygen atoms in total. The zero-order chi connectivity index (χ0) is 13.7. The fourth-order valence-corrected chi connectivity index (χ4v) is 1.69. The number of pyridine rings is 1. The number of aliphatic carboxylic acids is 1. The van der Waals surface area contributed by atoms with Crippen LogP contribution in [0.1, 0.15) is 30.3 Å². The molecule has 1 atom stereocenters. The SMILES string of the molecule is CCCC(NC(=O)c1nc(Cl)ccc1Cl)C(=O)O. The van der Waals surface area contributed by atoms with Gasteiger partial charge in [0, 0.05) is 0 Å². The maximum atomic E-state index is 11.8. The summed E-state index contributed by atoms with van der Waals surface area (Å²) in [5, 5.41) is 11.5. The first-order valence-electron chi connectivity index (χ1n) is 5.31. The van der Waals surface area contributed by atoms with Gasteiger partial charge in [-0.2, -0.15) is 0 Å². The normalized spacial score (nSPS) is 11.9. The minimum absolute atomic E-state index is 0.0773. The standard InChI is InChI=1S/C11H12Cl2N2O3/c1-2-3-7(11(17)18)14-10(16)9-6(12)4-5-8(13)15-9/h4-5,7H,2-3H2,1H3,(H,14,16)(H,17,18). The second-order valence-corrected chi connectivity index (χ2v) is 4.41. The lowest BCUT2D eigenvalue weighted by Gasteiger charge is -2.13. The Balaban J connectivity index is 2.86. The van der Waals surface area contributed by atoms with Gasteiger partial charge in [-0.15, -0.1) is 0 Å². The number of rotatable bonds is 5. The molecule has 1 amide bonds. The topological polar surface area (TPSA) is 79.3 Å². The predicted octanol–water partition coefficient (Wildman–Crippen LogP) is 2.37. The highest BCUT2D eigenvalue weighted by Gasteiger charge is 2.21. The first-order valence-corrected chi connectivity index (χ1v) is 6.07. The van der Waals surface area contributed by atoms with Gasteiger partial charge in [-0.1, -0.05) is 36.5 Å². The number of nitrogens with one attached hydrogen (secondary N) is 1. The van der Waals surface area contributed by atoms with Crippen LogP contribution in [0.4, 0.5) is 0 Å². The number of nitrogens with zero attached hydrogens (tertiary/aromatic N) is 1. The van der Waals surface area contributed by atoms with Crippen molar-refractivity contribution < 1.29 is 14.7 Å². The molecule has 2 N–H and O–H groups in total. The van der Waals surface area contributed by atoms with Crippen molar-refractivity contribution in [2.75, 3.05) is 0 Å². The van der Waals surface area contributed by atoms with E-state index in [0.717, 1.165) is 0 Å². The minimum atomic E-state index is -1.09. The van der Waals surface area contributed by atoms with Crippen LogP contribution in [0.25, 0.3) is 0 Å². The van der Waals surface area contributed by atoms with E-state index >= 15 is 0 Å². The van der Waals surface area contributed by atoms with Gasteiger partial charge in [-0.05, 0) is 18.6 Å². The van der Waals surface area contributed by atoms with Gasteiger partial charge in [-0.25, -0.2) is 9.78 Å². The fraction of sp³-hybridized carbons (Fsp3) is 0.364. The summed E-state index contributed by atoms with van der Waals surface area (Å²) in [5.74, 6) is -1.74. The molecule has 0 bridgehead atoms. The summed E-state index contributed by atoms with van der Waals surface area (Å²) >= 11 is 11.5.